The summed E-state index contributed by atoms with van der Waals surface area (Å²) in [6.07, 6.45) is -0.647. The molecule has 2 unspecified atom stereocenters. The van der Waals surface area contributed by atoms with Crippen LogP contribution in [0.4, 0.5) is 0 Å². The highest BCUT2D eigenvalue weighted by Crippen LogP contribution is 2.25. The van der Waals surface area contributed by atoms with Gasteiger partial charge in [-0.15, -0.1) is 0 Å². The monoisotopic (exact) mass is 216 g/mol. The minimum atomic E-state index is -0.647. The summed E-state index contributed by atoms with van der Waals surface area (Å²) in [5.41, 5.74) is 8.39. The quantitative estimate of drug-likeness (QED) is 0.806. The Kier molecular flexibility index (Phi) is 2.90. The highest BCUT2D eigenvalue weighted by molar-refractivity contribution is 5.82. The number of nitrogens with zero attached hydrogens (tertiary/aromatic N) is 1. The van der Waals surface area contributed by atoms with E-state index in [1.807, 2.05) is 37.3 Å². The van der Waals surface area contributed by atoms with Gasteiger partial charge >= 0.3 is 0 Å². The number of para-hydroxylation sites is 1. The number of benzene rings is 1. The SMILES string of the molecule is Cc1cc(C(O)C(C)N)c2ccccc2n1. The zero-order valence-electron chi connectivity index (χ0n) is 9.51. The summed E-state index contributed by atoms with van der Waals surface area (Å²) < 4.78 is 0. The minimum Gasteiger partial charge on any atom is -0.387 e. The molecule has 0 saturated carbocycles. The zero-order chi connectivity index (χ0) is 11.7. The van der Waals surface area contributed by atoms with E-state index in [4.69, 9.17) is 5.73 Å². The maximum atomic E-state index is 10.1. The Bertz CT molecular complexity index is 508. The van der Waals surface area contributed by atoms with E-state index in [2.05, 4.69) is 4.98 Å². The van der Waals surface area contributed by atoms with Crippen LogP contribution in [0.3, 0.4) is 0 Å². The van der Waals surface area contributed by atoms with Crippen molar-refractivity contribution in [2.24, 2.45) is 5.73 Å². The molecule has 0 radical (unpaired) electrons. The molecule has 2 rings (SSSR count). The highest BCUT2D eigenvalue weighted by atomic mass is 16.3. The molecule has 0 aliphatic carbocycles. The van der Waals surface area contributed by atoms with Gasteiger partial charge in [0.2, 0.25) is 0 Å². The molecule has 2 atom stereocenters. The van der Waals surface area contributed by atoms with Gasteiger partial charge in [-0.25, -0.2) is 0 Å². The second-order valence-corrected chi connectivity index (χ2v) is 4.17. The first-order chi connectivity index (χ1) is 7.59. The number of rotatable bonds is 2. The molecule has 84 valence electrons. The summed E-state index contributed by atoms with van der Waals surface area (Å²) >= 11 is 0. The van der Waals surface area contributed by atoms with Gasteiger partial charge in [0.05, 0.1) is 11.6 Å². The third-order valence-corrected chi connectivity index (χ3v) is 2.69. The molecule has 3 heteroatoms. The van der Waals surface area contributed by atoms with Crippen LogP contribution in [0.25, 0.3) is 10.9 Å². The lowest BCUT2D eigenvalue weighted by Gasteiger charge is -2.17. The molecule has 2 aromatic rings. The fourth-order valence-corrected chi connectivity index (χ4v) is 1.87. The predicted molar refractivity (Wildman–Crippen MR) is 65.1 cm³/mol. The van der Waals surface area contributed by atoms with E-state index in [0.717, 1.165) is 22.2 Å². The third-order valence-electron chi connectivity index (χ3n) is 2.69. The molecular formula is C13H16N2O. The Morgan fingerprint density at radius 3 is 2.69 bits per heavy atom. The molecule has 3 N–H and O–H groups in total. The van der Waals surface area contributed by atoms with Crippen LogP contribution in [0, 0.1) is 6.92 Å². The van der Waals surface area contributed by atoms with Gasteiger partial charge in [-0.1, -0.05) is 18.2 Å². The molecule has 1 aromatic heterocycles. The summed E-state index contributed by atoms with van der Waals surface area (Å²) in [6, 6.07) is 9.40. The molecule has 3 nitrogen and oxygen atoms in total. The lowest BCUT2D eigenvalue weighted by Crippen LogP contribution is -2.24. The van der Waals surface area contributed by atoms with Gasteiger partial charge < -0.3 is 10.8 Å². The molecule has 0 aliphatic heterocycles. The molecule has 1 heterocycles. The largest absolute Gasteiger partial charge is 0.387 e. The van der Waals surface area contributed by atoms with Gasteiger partial charge in [0.1, 0.15) is 0 Å². The van der Waals surface area contributed by atoms with E-state index in [0.29, 0.717) is 0 Å². The van der Waals surface area contributed by atoms with Crippen LogP contribution in [0.2, 0.25) is 0 Å². The van der Waals surface area contributed by atoms with Gasteiger partial charge in [0.25, 0.3) is 0 Å². The maximum Gasteiger partial charge on any atom is 0.0945 e. The molecule has 16 heavy (non-hydrogen) atoms. The van der Waals surface area contributed by atoms with Crippen molar-refractivity contribution in [2.75, 3.05) is 0 Å². The topological polar surface area (TPSA) is 59.1 Å². The summed E-state index contributed by atoms with van der Waals surface area (Å²) in [7, 11) is 0. The number of aromatic nitrogens is 1. The van der Waals surface area contributed by atoms with Gasteiger partial charge in [-0.05, 0) is 31.5 Å². The summed E-state index contributed by atoms with van der Waals surface area (Å²) in [5, 5.41) is 11.0. The fourth-order valence-electron chi connectivity index (χ4n) is 1.87. The van der Waals surface area contributed by atoms with Crippen molar-refractivity contribution in [2.45, 2.75) is 26.0 Å². The Morgan fingerprint density at radius 1 is 1.31 bits per heavy atom. The van der Waals surface area contributed by atoms with Crippen LogP contribution < -0.4 is 5.73 Å². The summed E-state index contributed by atoms with van der Waals surface area (Å²) in [4.78, 5) is 4.43. The maximum absolute atomic E-state index is 10.1. The Labute approximate surface area is 94.9 Å². The van der Waals surface area contributed by atoms with Crippen molar-refractivity contribution < 1.29 is 5.11 Å². The number of hydrogen-bond acceptors (Lipinski definition) is 3. The van der Waals surface area contributed by atoms with E-state index >= 15 is 0 Å². The van der Waals surface area contributed by atoms with Crippen molar-refractivity contribution in [3.8, 4) is 0 Å². The average Bonchev–Trinajstić information content (AvgIpc) is 2.26. The molecule has 1 aromatic carbocycles. The Hall–Kier alpha value is -1.45. The van der Waals surface area contributed by atoms with Crippen molar-refractivity contribution >= 4 is 10.9 Å². The van der Waals surface area contributed by atoms with Crippen LogP contribution in [-0.2, 0) is 0 Å². The van der Waals surface area contributed by atoms with Crippen LogP contribution >= 0.6 is 0 Å². The molecule has 0 bridgehead atoms. The number of pyridine rings is 1. The van der Waals surface area contributed by atoms with Gasteiger partial charge in [0, 0.05) is 17.1 Å². The molecule has 0 aliphatic rings. The fraction of sp³-hybridized carbons (Fsp3) is 0.308. The third kappa shape index (κ3) is 1.92. The van der Waals surface area contributed by atoms with Crippen molar-refractivity contribution in [3.05, 3.63) is 41.6 Å². The number of aryl methyl sites for hydroxylation is 1. The standard InChI is InChI=1S/C13H16N2O/c1-8-7-11(13(16)9(2)14)10-5-3-4-6-12(10)15-8/h3-7,9,13,16H,14H2,1-2H3. The smallest absolute Gasteiger partial charge is 0.0945 e. The van der Waals surface area contributed by atoms with E-state index < -0.39 is 6.10 Å². The number of fused-ring (bicyclic) bond motifs is 1. The number of aliphatic hydroxyl groups excluding tert-OH is 1. The van der Waals surface area contributed by atoms with Gasteiger partial charge in [-0.3, -0.25) is 4.98 Å². The molecule has 0 saturated heterocycles. The second kappa shape index (κ2) is 4.20. The van der Waals surface area contributed by atoms with Crippen LogP contribution in [-0.4, -0.2) is 16.1 Å². The first kappa shape index (κ1) is 11.0. The van der Waals surface area contributed by atoms with E-state index in [9.17, 15) is 5.11 Å². The van der Waals surface area contributed by atoms with E-state index in [1.54, 1.807) is 6.92 Å². The Balaban J connectivity index is 2.67. The normalized spacial score (nSPS) is 15.0. The molecular weight excluding hydrogens is 200 g/mol. The van der Waals surface area contributed by atoms with E-state index in [-0.39, 0.29) is 6.04 Å². The summed E-state index contributed by atoms with van der Waals surface area (Å²) in [6.45, 7) is 3.72. The Morgan fingerprint density at radius 2 is 2.00 bits per heavy atom. The lowest BCUT2D eigenvalue weighted by atomic mass is 9.99. The number of nitrogens with two attached hydrogens (primary N) is 1. The second-order valence-electron chi connectivity index (χ2n) is 4.17. The van der Waals surface area contributed by atoms with Crippen molar-refractivity contribution in [1.29, 1.82) is 0 Å². The van der Waals surface area contributed by atoms with Crippen LogP contribution in [0.1, 0.15) is 24.3 Å². The molecule has 0 fully saturated rings. The predicted octanol–water partition coefficient (Wildman–Crippen LogP) is 1.92. The molecule has 0 amide bonds. The van der Waals surface area contributed by atoms with Crippen LogP contribution in [0.15, 0.2) is 30.3 Å². The average molecular weight is 216 g/mol. The van der Waals surface area contributed by atoms with Gasteiger partial charge in [0.15, 0.2) is 0 Å². The van der Waals surface area contributed by atoms with Crippen LogP contribution in [0.5, 0.6) is 0 Å². The van der Waals surface area contributed by atoms with E-state index in [1.165, 1.54) is 0 Å². The lowest BCUT2D eigenvalue weighted by molar-refractivity contribution is 0.154. The number of aliphatic hydroxyl groups is 1. The first-order valence-electron chi connectivity index (χ1n) is 5.39. The zero-order valence-corrected chi connectivity index (χ0v) is 9.51. The minimum absolute atomic E-state index is 0.287. The van der Waals surface area contributed by atoms with Gasteiger partial charge in [-0.2, -0.15) is 0 Å². The van der Waals surface area contributed by atoms with Crippen molar-refractivity contribution in [1.82, 2.24) is 4.98 Å². The van der Waals surface area contributed by atoms with Crippen molar-refractivity contribution in [3.63, 3.8) is 0 Å². The first-order valence-corrected chi connectivity index (χ1v) is 5.39. The summed E-state index contributed by atoms with van der Waals surface area (Å²) in [5.74, 6) is 0. The number of hydrogen-bond donors (Lipinski definition) is 2. The molecule has 0 spiro atoms. The highest BCUT2D eigenvalue weighted by Gasteiger charge is 2.16.